The average molecular weight is 242 g/mol. The van der Waals surface area contributed by atoms with Gasteiger partial charge in [-0.2, -0.15) is 0 Å². The van der Waals surface area contributed by atoms with Crippen molar-refractivity contribution in [3.63, 3.8) is 0 Å². The Hall–Kier alpha value is -1.87. The summed E-state index contributed by atoms with van der Waals surface area (Å²) in [7, 11) is 1.68. The van der Waals surface area contributed by atoms with Crippen LogP contribution >= 0.6 is 0 Å². The third-order valence-electron chi connectivity index (χ3n) is 3.12. The first-order valence-corrected chi connectivity index (χ1v) is 5.95. The van der Waals surface area contributed by atoms with Gasteiger partial charge in [0.25, 0.3) is 0 Å². The number of rotatable bonds is 3. The molecule has 0 spiro atoms. The molecule has 1 atom stereocenters. The molecule has 1 heterocycles. The van der Waals surface area contributed by atoms with E-state index in [1.807, 2.05) is 38.1 Å². The summed E-state index contributed by atoms with van der Waals surface area (Å²) in [5, 5.41) is 0. The van der Waals surface area contributed by atoms with Gasteiger partial charge < -0.3 is 10.5 Å². The topological polar surface area (TPSA) is 48.1 Å². The van der Waals surface area contributed by atoms with Crippen LogP contribution in [-0.2, 0) is 0 Å². The summed E-state index contributed by atoms with van der Waals surface area (Å²) in [4.78, 5) is 4.31. The Morgan fingerprint density at radius 3 is 2.56 bits per heavy atom. The van der Waals surface area contributed by atoms with Crippen LogP contribution in [0.4, 0.5) is 0 Å². The summed E-state index contributed by atoms with van der Waals surface area (Å²) in [6, 6.07) is 9.69. The molecule has 0 amide bonds. The molecule has 0 saturated heterocycles. The molecule has 1 aromatic carbocycles. The van der Waals surface area contributed by atoms with E-state index >= 15 is 0 Å². The summed E-state index contributed by atoms with van der Waals surface area (Å²) in [5.74, 6) is 0.893. The molecule has 94 valence electrons. The smallest absolute Gasteiger partial charge is 0.122 e. The molecule has 0 bridgehead atoms. The molecule has 0 radical (unpaired) electrons. The van der Waals surface area contributed by atoms with E-state index < -0.39 is 0 Å². The lowest BCUT2D eigenvalue weighted by molar-refractivity contribution is 0.411. The van der Waals surface area contributed by atoms with Crippen LogP contribution in [0.5, 0.6) is 5.75 Å². The summed E-state index contributed by atoms with van der Waals surface area (Å²) < 4.78 is 5.31. The molecule has 0 aliphatic rings. The predicted molar refractivity (Wildman–Crippen MR) is 72.7 cm³/mol. The van der Waals surface area contributed by atoms with E-state index in [2.05, 4.69) is 11.1 Å². The second-order valence-electron chi connectivity index (χ2n) is 4.41. The zero-order valence-corrected chi connectivity index (χ0v) is 11.0. The van der Waals surface area contributed by atoms with Crippen LogP contribution in [0.3, 0.4) is 0 Å². The molecule has 0 aliphatic carbocycles. The highest BCUT2D eigenvalue weighted by molar-refractivity contribution is 5.44. The molecule has 0 saturated carbocycles. The minimum Gasteiger partial charge on any atom is -0.496 e. The number of nitrogens with two attached hydrogens (primary N) is 1. The van der Waals surface area contributed by atoms with Crippen LogP contribution in [0.15, 0.2) is 36.5 Å². The fourth-order valence-electron chi connectivity index (χ4n) is 2.09. The second-order valence-corrected chi connectivity index (χ2v) is 4.41. The number of pyridine rings is 1. The summed E-state index contributed by atoms with van der Waals surface area (Å²) in [5.41, 5.74) is 10.5. The fourth-order valence-corrected chi connectivity index (χ4v) is 2.09. The van der Waals surface area contributed by atoms with Crippen LogP contribution in [-0.4, -0.2) is 12.1 Å². The van der Waals surface area contributed by atoms with Crippen LogP contribution in [0.2, 0.25) is 0 Å². The molecule has 3 heteroatoms. The maximum atomic E-state index is 6.27. The molecule has 18 heavy (non-hydrogen) atoms. The molecule has 2 aromatic rings. The minimum atomic E-state index is -0.198. The monoisotopic (exact) mass is 242 g/mol. The molecule has 2 N–H and O–H groups in total. The Morgan fingerprint density at radius 1 is 1.17 bits per heavy atom. The van der Waals surface area contributed by atoms with Crippen molar-refractivity contribution in [2.75, 3.05) is 7.11 Å². The maximum absolute atomic E-state index is 6.27. The van der Waals surface area contributed by atoms with Gasteiger partial charge in [-0.05, 0) is 48.7 Å². The van der Waals surface area contributed by atoms with Gasteiger partial charge in [-0.25, -0.2) is 0 Å². The van der Waals surface area contributed by atoms with Crippen LogP contribution in [0.25, 0.3) is 0 Å². The van der Waals surface area contributed by atoms with Crippen molar-refractivity contribution >= 4 is 0 Å². The van der Waals surface area contributed by atoms with Crippen molar-refractivity contribution in [2.24, 2.45) is 5.73 Å². The molecule has 0 aliphatic heterocycles. The van der Waals surface area contributed by atoms with Gasteiger partial charge in [-0.15, -0.1) is 0 Å². The number of aryl methyl sites for hydroxylation is 2. The van der Waals surface area contributed by atoms with Gasteiger partial charge in [0, 0.05) is 6.20 Å². The molecular formula is C15H18N2O. The van der Waals surface area contributed by atoms with E-state index in [4.69, 9.17) is 10.5 Å². The van der Waals surface area contributed by atoms with Crippen molar-refractivity contribution in [3.05, 3.63) is 58.9 Å². The predicted octanol–water partition coefficient (Wildman–Crippen LogP) is 2.76. The number of aromatic nitrogens is 1. The first-order valence-electron chi connectivity index (χ1n) is 5.95. The average Bonchev–Trinajstić information content (AvgIpc) is 2.41. The van der Waals surface area contributed by atoms with E-state index in [1.54, 1.807) is 13.3 Å². The third kappa shape index (κ3) is 2.36. The molecule has 0 fully saturated rings. The largest absolute Gasteiger partial charge is 0.496 e. The quantitative estimate of drug-likeness (QED) is 0.900. The van der Waals surface area contributed by atoms with Gasteiger partial charge in [0.15, 0.2) is 0 Å². The van der Waals surface area contributed by atoms with E-state index in [9.17, 15) is 0 Å². The van der Waals surface area contributed by atoms with Gasteiger partial charge >= 0.3 is 0 Å². The highest BCUT2D eigenvalue weighted by Crippen LogP contribution is 2.27. The lowest BCUT2D eigenvalue weighted by Crippen LogP contribution is -2.15. The Bertz CT molecular complexity index is 538. The summed E-state index contributed by atoms with van der Waals surface area (Å²) in [6.07, 6.45) is 1.76. The molecule has 1 unspecified atom stereocenters. The zero-order chi connectivity index (χ0) is 13.1. The van der Waals surface area contributed by atoms with Gasteiger partial charge in [-0.3, -0.25) is 4.98 Å². The first kappa shape index (κ1) is 12.6. The number of hydrogen-bond donors (Lipinski definition) is 1. The minimum absolute atomic E-state index is 0.198. The van der Waals surface area contributed by atoms with Gasteiger partial charge in [0.2, 0.25) is 0 Å². The number of benzene rings is 1. The van der Waals surface area contributed by atoms with Gasteiger partial charge in [-0.1, -0.05) is 12.1 Å². The lowest BCUT2D eigenvalue weighted by atomic mass is 9.96. The van der Waals surface area contributed by atoms with Gasteiger partial charge in [0.1, 0.15) is 5.75 Å². The molecule has 1 aromatic heterocycles. The van der Waals surface area contributed by atoms with Crippen molar-refractivity contribution < 1.29 is 4.74 Å². The summed E-state index contributed by atoms with van der Waals surface area (Å²) in [6.45, 7) is 4.06. The van der Waals surface area contributed by atoms with Crippen molar-refractivity contribution in [3.8, 4) is 5.75 Å². The first-order chi connectivity index (χ1) is 8.63. The van der Waals surface area contributed by atoms with E-state index in [0.29, 0.717) is 0 Å². The van der Waals surface area contributed by atoms with Crippen LogP contribution in [0.1, 0.15) is 28.4 Å². The Morgan fingerprint density at radius 2 is 1.94 bits per heavy atom. The molecule has 2 rings (SSSR count). The molecule has 3 nitrogen and oxygen atoms in total. The molecular weight excluding hydrogens is 224 g/mol. The van der Waals surface area contributed by atoms with Crippen LogP contribution in [0, 0.1) is 13.8 Å². The Labute approximate surface area is 108 Å². The number of ether oxygens (including phenoxy) is 1. The summed E-state index contributed by atoms with van der Waals surface area (Å²) >= 11 is 0. The Balaban J connectivity index is 2.43. The number of methoxy groups -OCH3 is 1. The highest BCUT2D eigenvalue weighted by Gasteiger charge is 2.14. The fraction of sp³-hybridized carbons (Fsp3) is 0.267. The lowest BCUT2D eigenvalue weighted by Gasteiger charge is -2.16. The number of hydrogen-bond acceptors (Lipinski definition) is 3. The van der Waals surface area contributed by atoms with Crippen molar-refractivity contribution in [2.45, 2.75) is 19.9 Å². The third-order valence-corrected chi connectivity index (χ3v) is 3.12. The van der Waals surface area contributed by atoms with E-state index in [1.165, 1.54) is 0 Å². The zero-order valence-electron chi connectivity index (χ0n) is 11.0. The number of nitrogens with zero attached hydrogens (tertiary/aromatic N) is 1. The highest BCUT2D eigenvalue weighted by atomic mass is 16.5. The maximum Gasteiger partial charge on any atom is 0.122 e. The standard InChI is InChI=1S/C15H18N2O/c1-10-9-14(18-3)11(2)8-12(10)15(16)13-6-4-5-7-17-13/h4-9,15H,16H2,1-3H3. The SMILES string of the molecule is COc1cc(C)c(C(N)c2ccccn2)cc1C. The second kappa shape index (κ2) is 5.19. The van der Waals surface area contributed by atoms with Crippen molar-refractivity contribution in [1.82, 2.24) is 4.98 Å². The van der Waals surface area contributed by atoms with E-state index in [0.717, 1.165) is 28.1 Å². The van der Waals surface area contributed by atoms with Gasteiger partial charge in [0.05, 0.1) is 18.8 Å². The van der Waals surface area contributed by atoms with Crippen molar-refractivity contribution in [1.29, 1.82) is 0 Å². The normalized spacial score (nSPS) is 12.2. The van der Waals surface area contributed by atoms with Crippen LogP contribution < -0.4 is 10.5 Å². The Kier molecular flexibility index (Phi) is 3.63. The van der Waals surface area contributed by atoms with E-state index in [-0.39, 0.29) is 6.04 Å².